The molecule has 0 spiro atoms. The number of carbonyl (C=O) groups excluding carboxylic acids is 1. The van der Waals surface area contributed by atoms with Crippen LogP contribution in [0, 0.1) is 0 Å². The number of furan rings is 1. The molecule has 6 heteroatoms. The Morgan fingerprint density at radius 2 is 2.32 bits per heavy atom. The van der Waals surface area contributed by atoms with Gasteiger partial charge in [0.05, 0.1) is 10.7 Å². The number of anilines is 1. The van der Waals surface area contributed by atoms with Crippen LogP contribution in [0.1, 0.15) is 17.4 Å². The highest BCUT2D eigenvalue weighted by Gasteiger charge is 2.28. The Bertz CT molecular complexity index is 625. The van der Waals surface area contributed by atoms with Gasteiger partial charge in [-0.25, -0.2) is 0 Å². The van der Waals surface area contributed by atoms with Crippen LogP contribution in [0.2, 0.25) is 0 Å². The fourth-order valence-corrected chi connectivity index (χ4v) is 2.42. The zero-order valence-corrected chi connectivity index (χ0v) is 11.4. The van der Waals surface area contributed by atoms with Gasteiger partial charge in [0.2, 0.25) is 5.91 Å². The second kappa shape index (κ2) is 4.71. The Balaban J connectivity index is 1.84. The average Bonchev–Trinajstić information content (AvgIpc) is 2.98. The Kier molecular flexibility index (Phi) is 3.04. The second-order valence-electron chi connectivity index (χ2n) is 4.20. The summed E-state index contributed by atoms with van der Waals surface area (Å²) in [6.45, 7) is 0.324. The lowest BCUT2D eigenvalue weighted by atomic mass is 10.1. The average molecular weight is 323 g/mol. The number of nitrogens with one attached hydrogen (secondary N) is 1. The molecular formula is C13H11BrN2O3. The van der Waals surface area contributed by atoms with Crippen molar-refractivity contribution in [1.29, 1.82) is 0 Å². The second-order valence-corrected chi connectivity index (χ2v) is 5.06. The number of ether oxygens (including phenoxy) is 1. The van der Waals surface area contributed by atoms with E-state index in [0.717, 1.165) is 15.8 Å². The van der Waals surface area contributed by atoms with Gasteiger partial charge < -0.3 is 20.2 Å². The maximum Gasteiger partial charge on any atom is 0.245 e. The van der Waals surface area contributed by atoms with E-state index in [1.165, 1.54) is 0 Å². The van der Waals surface area contributed by atoms with E-state index >= 15 is 0 Å². The van der Waals surface area contributed by atoms with Crippen molar-refractivity contribution in [3.05, 3.63) is 46.3 Å². The first-order chi connectivity index (χ1) is 9.15. The minimum absolute atomic E-state index is 0.204. The van der Waals surface area contributed by atoms with Crippen LogP contribution in [-0.4, -0.2) is 5.91 Å². The molecule has 0 radical (unpaired) electrons. The normalized spacial score (nSPS) is 17.2. The van der Waals surface area contributed by atoms with Crippen molar-refractivity contribution < 1.29 is 13.9 Å². The molecule has 0 aliphatic carbocycles. The van der Waals surface area contributed by atoms with Gasteiger partial charge >= 0.3 is 0 Å². The number of amides is 1. The molecule has 98 valence electrons. The number of fused-ring (bicyclic) bond motifs is 1. The molecule has 1 aliphatic heterocycles. The fourth-order valence-electron chi connectivity index (χ4n) is 1.94. The van der Waals surface area contributed by atoms with E-state index in [1.807, 2.05) is 6.07 Å². The molecule has 3 N–H and O–H groups in total. The zero-order chi connectivity index (χ0) is 13.4. The van der Waals surface area contributed by atoms with Crippen molar-refractivity contribution >= 4 is 27.5 Å². The number of hydrogen-bond donors (Lipinski definition) is 2. The summed E-state index contributed by atoms with van der Waals surface area (Å²) in [5.41, 5.74) is 7.23. The molecule has 2 heterocycles. The van der Waals surface area contributed by atoms with E-state index in [0.29, 0.717) is 18.0 Å². The number of nitrogens with two attached hydrogens (primary N) is 1. The predicted molar refractivity (Wildman–Crippen MR) is 72.7 cm³/mol. The van der Waals surface area contributed by atoms with Gasteiger partial charge in [0.1, 0.15) is 24.2 Å². The first kappa shape index (κ1) is 12.3. The number of hydrogen-bond acceptors (Lipinski definition) is 4. The summed E-state index contributed by atoms with van der Waals surface area (Å²) >= 11 is 3.41. The third kappa shape index (κ3) is 2.24. The van der Waals surface area contributed by atoms with Gasteiger partial charge in [0.15, 0.2) is 0 Å². The number of carbonyl (C=O) groups is 1. The quantitative estimate of drug-likeness (QED) is 0.910. The Morgan fingerprint density at radius 1 is 1.47 bits per heavy atom. The topological polar surface area (TPSA) is 77.5 Å². The number of halogens is 1. The molecule has 1 aliphatic rings. The van der Waals surface area contributed by atoms with Crippen LogP contribution >= 0.6 is 15.9 Å². The third-order valence-corrected chi connectivity index (χ3v) is 3.55. The van der Waals surface area contributed by atoms with E-state index in [-0.39, 0.29) is 5.91 Å². The summed E-state index contributed by atoms with van der Waals surface area (Å²) in [7, 11) is 0. The monoisotopic (exact) mass is 322 g/mol. The first-order valence-corrected chi connectivity index (χ1v) is 6.49. The lowest BCUT2D eigenvalue weighted by Gasteiger charge is -2.09. The zero-order valence-electron chi connectivity index (χ0n) is 9.85. The molecule has 0 saturated heterocycles. The molecule has 19 heavy (non-hydrogen) atoms. The highest BCUT2D eigenvalue weighted by atomic mass is 79.9. The van der Waals surface area contributed by atoms with Crippen LogP contribution in [-0.2, 0) is 11.4 Å². The van der Waals surface area contributed by atoms with Gasteiger partial charge in [-0.05, 0) is 34.1 Å². The third-order valence-electron chi connectivity index (χ3n) is 2.93. The molecule has 5 nitrogen and oxygen atoms in total. The smallest absolute Gasteiger partial charge is 0.245 e. The fraction of sp³-hybridized carbons (Fsp3) is 0.154. The van der Waals surface area contributed by atoms with E-state index in [4.69, 9.17) is 14.9 Å². The lowest BCUT2D eigenvalue weighted by Crippen LogP contribution is -2.19. The van der Waals surface area contributed by atoms with Crippen LogP contribution in [0.4, 0.5) is 5.69 Å². The van der Waals surface area contributed by atoms with Gasteiger partial charge in [0, 0.05) is 17.3 Å². The van der Waals surface area contributed by atoms with E-state index < -0.39 is 6.04 Å². The van der Waals surface area contributed by atoms with Crippen molar-refractivity contribution in [2.24, 2.45) is 5.73 Å². The maximum atomic E-state index is 11.5. The summed E-state index contributed by atoms with van der Waals surface area (Å²) in [6.07, 6.45) is 1.59. The summed E-state index contributed by atoms with van der Waals surface area (Å²) in [5.74, 6) is 1.16. The minimum Gasteiger partial charge on any atom is -0.484 e. The number of benzene rings is 1. The molecule has 0 fully saturated rings. The SMILES string of the molecule is NC1C(=O)Nc2cc(OCc3ccco3)c(Br)cc21. The summed E-state index contributed by atoms with van der Waals surface area (Å²) in [5, 5.41) is 2.72. The molecule has 2 aromatic rings. The Hall–Kier alpha value is -1.79. The predicted octanol–water partition coefficient (Wildman–Crippen LogP) is 2.57. The van der Waals surface area contributed by atoms with E-state index in [9.17, 15) is 4.79 Å². The Labute approximate surface area is 117 Å². The molecule has 1 aromatic carbocycles. The van der Waals surface area contributed by atoms with Gasteiger partial charge in [-0.2, -0.15) is 0 Å². The minimum atomic E-state index is -0.620. The van der Waals surface area contributed by atoms with Crippen LogP contribution in [0.15, 0.2) is 39.4 Å². The Morgan fingerprint density at radius 3 is 3.05 bits per heavy atom. The maximum absolute atomic E-state index is 11.5. The highest BCUT2D eigenvalue weighted by Crippen LogP contribution is 2.38. The van der Waals surface area contributed by atoms with Crippen LogP contribution in [0.5, 0.6) is 5.75 Å². The van der Waals surface area contributed by atoms with Crippen molar-refractivity contribution in [1.82, 2.24) is 0 Å². The van der Waals surface area contributed by atoms with Crippen molar-refractivity contribution in [3.63, 3.8) is 0 Å². The summed E-state index contributed by atoms with van der Waals surface area (Å²) < 4.78 is 11.6. The molecule has 1 atom stereocenters. The van der Waals surface area contributed by atoms with E-state index in [1.54, 1.807) is 24.5 Å². The largest absolute Gasteiger partial charge is 0.484 e. The number of rotatable bonds is 3. The van der Waals surface area contributed by atoms with Crippen LogP contribution in [0.3, 0.4) is 0 Å². The van der Waals surface area contributed by atoms with E-state index in [2.05, 4.69) is 21.2 Å². The van der Waals surface area contributed by atoms with Crippen molar-refractivity contribution in [2.75, 3.05) is 5.32 Å². The van der Waals surface area contributed by atoms with Gasteiger partial charge in [0.25, 0.3) is 0 Å². The molecule has 0 saturated carbocycles. The highest BCUT2D eigenvalue weighted by molar-refractivity contribution is 9.10. The van der Waals surface area contributed by atoms with Gasteiger partial charge in [-0.15, -0.1) is 0 Å². The molecule has 1 unspecified atom stereocenters. The molecule has 1 amide bonds. The molecule has 0 bridgehead atoms. The first-order valence-electron chi connectivity index (χ1n) is 5.70. The van der Waals surface area contributed by atoms with Crippen molar-refractivity contribution in [2.45, 2.75) is 12.6 Å². The van der Waals surface area contributed by atoms with Crippen LogP contribution < -0.4 is 15.8 Å². The van der Waals surface area contributed by atoms with Crippen LogP contribution in [0.25, 0.3) is 0 Å². The standard InChI is InChI=1S/C13H11BrN2O3/c14-9-4-8-10(16-13(17)12(8)15)5-11(9)19-6-7-2-1-3-18-7/h1-5,12H,6,15H2,(H,16,17). The van der Waals surface area contributed by atoms with Gasteiger partial charge in [-0.3, -0.25) is 4.79 Å². The summed E-state index contributed by atoms with van der Waals surface area (Å²) in [6, 6.07) is 6.57. The van der Waals surface area contributed by atoms with Crippen molar-refractivity contribution in [3.8, 4) is 5.75 Å². The molecule has 3 rings (SSSR count). The molecular weight excluding hydrogens is 312 g/mol. The van der Waals surface area contributed by atoms with Gasteiger partial charge in [-0.1, -0.05) is 0 Å². The molecule has 1 aromatic heterocycles. The summed E-state index contributed by atoms with van der Waals surface area (Å²) in [4.78, 5) is 11.5. The lowest BCUT2D eigenvalue weighted by molar-refractivity contribution is -0.116.